The highest BCUT2D eigenvalue weighted by Gasteiger charge is 2.47. The first-order valence-electron chi connectivity index (χ1n) is 41.1. The number of para-hydroxylation sites is 3. The highest BCUT2D eigenvalue weighted by molar-refractivity contribution is 8.00. The monoisotopic (exact) mass is 1550 g/mol. The molecule has 17 aromatic carbocycles. The lowest BCUT2D eigenvalue weighted by atomic mass is 9.31. The zero-order chi connectivity index (χ0) is 79.3. The molecule has 8 heteroatoms. The van der Waals surface area contributed by atoms with Gasteiger partial charge in [-0.1, -0.05) is 373 Å². The molecule has 0 saturated carbocycles. The van der Waals surface area contributed by atoms with E-state index in [-0.39, 0.29) is 24.3 Å². The van der Waals surface area contributed by atoms with Gasteiger partial charge in [0.1, 0.15) is 0 Å². The number of rotatable bonds is 14. The van der Waals surface area contributed by atoms with E-state index >= 15 is 0 Å². The molecule has 0 spiro atoms. The maximum absolute atomic E-state index is 2.74. The Kier molecular flexibility index (Phi) is 18.1. The standard InChI is InChI=1S/C110H84B2N4S2/c1-109(2,3)83-57-49-79(50-58-83)92-43-28-44-93(80-51-59-84(60-52-80)110(4,5)6)108(92)116-99-72-103-97(71-96(99)112-95-46-23-25-48-102(95)117-104-69-91(68-101(116)107(104)112)114(87-63-55-78(56-64-87)74-31-14-8-15-32-74)89-42-27-38-82(66-89)76-35-18-10-19-36-76)111-94-45-22-24-47-98(94)115(85-39-20-11-21-40-85)100-67-90(70-105(118-103)106(100)111)113(86-61-53-77(54-62-86)73-29-12-7-13-30-73)88-41-26-37-81(65-88)75-33-16-9-17-34-75/h7-72H,1-6H3. The second-order valence-corrected chi connectivity index (χ2v) is 35.7. The van der Waals surface area contributed by atoms with Crippen molar-refractivity contribution in [2.45, 2.75) is 72.0 Å². The lowest BCUT2D eigenvalue weighted by Crippen LogP contribution is -2.64. The third-order valence-corrected chi connectivity index (χ3v) is 26.5. The molecule has 0 unspecified atom stereocenters. The van der Waals surface area contributed by atoms with Crippen molar-refractivity contribution in [3.8, 4) is 66.8 Å². The molecular formula is C110H84B2N4S2. The Labute approximate surface area is 702 Å². The van der Waals surface area contributed by atoms with Crippen molar-refractivity contribution in [3.05, 3.63) is 412 Å². The lowest BCUT2D eigenvalue weighted by Gasteiger charge is -2.44. The summed E-state index contributed by atoms with van der Waals surface area (Å²) in [6, 6.07) is 151. The third kappa shape index (κ3) is 12.9. The topological polar surface area (TPSA) is 13.0 Å². The summed E-state index contributed by atoms with van der Waals surface area (Å²) >= 11 is 3.83. The van der Waals surface area contributed by atoms with Crippen LogP contribution in [0.15, 0.2) is 420 Å². The van der Waals surface area contributed by atoms with Gasteiger partial charge in [-0.05, 0) is 203 Å². The molecule has 4 aliphatic rings. The number of nitrogens with zero attached hydrogens (tertiary/aromatic N) is 4. The minimum atomic E-state index is -0.165. The van der Waals surface area contributed by atoms with Crippen LogP contribution in [-0.2, 0) is 10.8 Å². The molecule has 118 heavy (non-hydrogen) atoms. The molecule has 4 heterocycles. The summed E-state index contributed by atoms with van der Waals surface area (Å²) < 4.78 is 0. The fourth-order valence-electron chi connectivity index (χ4n) is 18.4. The smallest absolute Gasteiger partial charge is 0.249 e. The van der Waals surface area contributed by atoms with E-state index in [0.717, 1.165) is 107 Å². The molecule has 4 nitrogen and oxygen atoms in total. The summed E-state index contributed by atoms with van der Waals surface area (Å²) in [5.74, 6) is 0. The van der Waals surface area contributed by atoms with Gasteiger partial charge in [-0.3, -0.25) is 0 Å². The molecule has 17 aromatic rings. The van der Waals surface area contributed by atoms with Gasteiger partial charge in [0, 0.05) is 93.3 Å². The van der Waals surface area contributed by atoms with Gasteiger partial charge in [0.25, 0.3) is 0 Å². The minimum Gasteiger partial charge on any atom is -0.311 e. The van der Waals surface area contributed by atoms with Crippen molar-refractivity contribution in [2.75, 3.05) is 19.6 Å². The first-order valence-corrected chi connectivity index (χ1v) is 42.7. The number of benzene rings is 17. The average molecular weight is 1550 g/mol. The summed E-state index contributed by atoms with van der Waals surface area (Å²) in [4.78, 5) is 15.2. The van der Waals surface area contributed by atoms with Crippen LogP contribution in [0.4, 0.5) is 68.2 Å². The highest BCUT2D eigenvalue weighted by atomic mass is 32.2. The van der Waals surface area contributed by atoms with E-state index in [1.165, 1.54) is 91.3 Å². The Morgan fingerprint density at radius 3 is 1.09 bits per heavy atom. The zero-order valence-corrected chi connectivity index (χ0v) is 68.5. The van der Waals surface area contributed by atoms with E-state index in [1.54, 1.807) is 0 Å². The van der Waals surface area contributed by atoms with Crippen LogP contribution in [0.1, 0.15) is 52.7 Å². The Morgan fingerprint density at radius 2 is 0.610 bits per heavy atom. The van der Waals surface area contributed by atoms with Gasteiger partial charge < -0.3 is 19.6 Å². The maximum Gasteiger partial charge on any atom is 0.249 e. The van der Waals surface area contributed by atoms with E-state index in [0.29, 0.717) is 0 Å². The number of anilines is 12. The molecule has 0 saturated heterocycles. The zero-order valence-electron chi connectivity index (χ0n) is 66.9. The number of hydrogen-bond acceptors (Lipinski definition) is 6. The van der Waals surface area contributed by atoms with Crippen LogP contribution in [0.2, 0.25) is 0 Å². The normalized spacial score (nSPS) is 12.9. The Morgan fingerprint density at radius 1 is 0.229 bits per heavy atom. The third-order valence-electron chi connectivity index (χ3n) is 24.3. The van der Waals surface area contributed by atoms with Crippen LogP contribution in [0.3, 0.4) is 0 Å². The van der Waals surface area contributed by atoms with Crippen LogP contribution >= 0.6 is 23.5 Å². The predicted octanol–water partition coefficient (Wildman–Crippen LogP) is 26.8. The highest BCUT2D eigenvalue weighted by Crippen LogP contribution is 2.55. The summed E-state index contributed by atoms with van der Waals surface area (Å²) in [6.45, 7) is 13.6. The average Bonchev–Trinajstić information content (AvgIpc) is 0.688. The second kappa shape index (κ2) is 29.5. The van der Waals surface area contributed by atoms with Crippen LogP contribution in [-0.4, -0.2) is 13.4 Å². The summed E-state index contributed by atoms with van der Waals surface area (Å²) in [5.41, 5.74) is 37.4. The summed E-state index contributed by atoms with van der Waals surface area (Å²) in [7, 11) is 0. The molecule has 0 aromatic heterocycles. The van der Waals surface area contributed by atoms with Gasteiger partial charge in [-0.2, -0.15) is 0 Å². The first-order chi connectivity index (χ1) is 57.8. The fourth-order valence-corrected chi connectivity index (χ4v) is 20.8. The largest absolute Gasteiger partial charge is 0.311 e. The number of fused-ring (bicyclic) bond motifs is 8. The molecule has 0 N–H and O–H groups in total. The van der Waals surface area contributed by atoms with Crippen LogP contribution in [0.5, 0.6) is 0 Å². The Hall–Kier alpha value is -13.2. The Bertz CT molecular complexity index is 6610. The molecule has 0 fully saturated rings. The SMILES string of the molecule is CC(C)(C)c1ccc(-c2cccc(-c3ccc(C(C)(C)C)cc3)c2N2c3cc4c(cc3B3c5ccccc5Sc5cc(N(c6ccc(-c7ccccc7)cc6)c6cccc(-c7ccccc7)c6)cc2c53)B2c3ccccc3N(c3ccccc3)c3cc(N(c5ccc(-c6ccccc6)cc5)c5cccc(-c6ccccc6)c5)cc(c32)S4)cc1. The van der Waals surface area contributed by atoms with Crippen molar-refractivity contribution in [1.29, 1.82) is 0 Å². The van der Waals surface area contributed by atoms with E-state index in [9.17, 15) is 0 Å². The van der Waals surface area contributed by atoms with Gasteiger partial charge in [0.2, 0.25) is 13.4 Å². The molecule has 562 valence electrons. The van der Waals surface area contributed by atoms with Crippen LogP contribution in [0.25, 0.3) is 66.8 Å². The van der Waals surface area contributed by atoms with Gasteiger partial charge in [0.15, 0.2) is 0 Å². The molecule has 4 aliphatic heterocycles. The Balaban J connectivity index is 0.847. The van der Waals surface area contributed by atoms with Crippen LogP contribution in [0, 0.1) is 0 Å². The van der Waals surface area contributed by atoms with Crippen molar-refractivity contribution < 1.29 is 0 Å². The van der Waals surface area contributed by atoms with E-state index in [2.05, 4.69) is 462 Å². The number of hydrogen-bond donors (Lipinski definition) is 0. The second-order valence-electron chi connectivity index (χ2n) is 33.6. The van der Waals surface area contributed by atoms with Crippen molar-refractivity contribution >= 4 is 138 Å². The molecule has 0 atom stereocenters. The molecule has 0 radical (unpaired) electrons. The van der Waals surface area contributed by atoms with Gasteiger partial charge in [-0.25, -0.2) is 0 Å². The molecular weight excluding hydrogens is 1460 g/mol. The maximum atomic E-state index is 2.74. The van der Waals surface area contributed by atoms with Crippen molar-refractivity contribution in [1.82, 2.24) is 0 Å². The summed E-state index contributed by atoms with van der Waals surface area (Å²) in [5, 5.41) is 0. The van der Waals surface area contributed by atoms with Crippen molar-refractivity contribution in [2.24, 2.45) is 0 Å². The predicted molar refractivity (Wildman–Crippen MR) is 506 cm³/mol. The van der Waals surface area contributed by atoms with Crippen molar-refractivity contribution in [3.63, 3.8) is 0 Å². The van der Waals surface area contributed by atoms with Gasteiger partial charge in [0.05, 0.1) is 5.69 Å². The van der Waals surface area contributed by atoms with E-state index < -0.39 is 0 Å². The van der Waals surface area contributed by atoms with Gasteiger partial charge >= 0.3 is 0 Å². The quantitative estimate of drug-likeness (QED) is 0.0999. The molecule has 0 bridgehead atoms. The van der Waals surface area contributed by atoms with Gasteiger partial charge in [-0.15, -0.1) is 0 Å². The molecule has 21 rings (SSSR count). The van der Waals surface area contributed by atoms with E-state index in [4.69, 9.17) is 0 Å². The minimum absolute atomic E-state index is 0.0594. The fraction of sp³-hybridized carbons (Fsp3) is 0.0727. The van der Waals surface area contributed by atoms with Crippen LogP contribution < -0.4 is 52.4 Å². The first kappa shape index (κ1) is 72.5. The lowest BCUT2D eigenvalue weighted by molar-refractivity contribution is 0.590. The van der Waals surface area contributed by atoms with E-state index in [1.807, 2.05) is 23.5 Å². The summed E-state index contributed by atoms with van der Waals surface area (Å²) in [6.07, 6.45) is 0. The molecule has 0 aliphatic carbocycles. The molecule has 0 amide bonds.